The number of nitrogens with one attached hydrogen (secondary N) is 2. The lowest BCUT2D eigenvalue weighted by Gasteiger charge is -2.13. The molecule has 0 saturated carbocycles. The quantitative estimate of drug-likeness (QED) is 0.644. The summed E-state index contributed by atoms with van der Waals surface area (Å²) in [6, 6.07) is 9.50. The zero-order valence-electron chi connectivity index (χ0n) is 17.3. The van der Waals surface area contributed by atoms with E-state index in [2.05, 4.69) is 19.8 Å². The van der Waals surface area contributed by atoms with Crippen molar-refractivity contribution < 1.29 is 31.5 Å². The third-order valence-electron chi connectivity index (χ3n) is 4.67. The molecule has 1 heterocycles. The van der Waals surface area contributed by atoms with Gasteiger partial charge in [-0.15, -0.1) is 0 Å². The number of alkyl halides is 2. The van der Waals surface area contributed by atoms with Gasteiger partial charge < -0.3 is 14.8 Å². The summed E-state index contributed by atoms with van der Waals surface area (Å²) in [5, 5.41) is 2.59. The number of halogens is 2. The Balaban J connectivity index is 1.75. The highest BCUT2D eigenvalue weighted by Crippen LogP contribution is 2.30. The van der Waals surface area contributed by atoms with E-state index >= 15 is 0 Å². The van der Waals surface area contributed by atoms with Crippen LogP contribution < -0.4 is 19.5 Å². The normalized spacial score (nSPS) is 14.3. The number of hydrogen-bond donors (Lipinski definition) is 2. The molecule has 0 spiro atoms. The fourth-order valence-electron chi connectivity index (χ4n) is 3.12. The van der Waals surface area contributed by atoms with E-state index < -0.39 is 22.5 Å². The first-order valence-electron chi connectivity index (χ1n) is 9.89. The number of hydrogen-bond acceptors (Lipinski definition) is 6. The summed E-state index contributed by atoms with van der Waals surface area (Å²) in [7, 11) is -2.61. The average Bonchev–Trinajstić information content (AvgIpc) is 3.02. The van der Waals surface area contributed by atoms with Gasteiger partial charge in [0, 0.05) is 24.2 Å². The summed E-state index contributed by atoms with van der Waals surface area (Å²) < 4.78 is 62.3. The lowest BCUT2D eigenvalue weighted by atomic mass is 10.2. The molecule has 0 aromatic heterocycles. The van der Waals surface area contributed by atoms with Gasteiger partial charge in [0.1, 0.15) is 5.84 Å². The number of aliphatic imine (C=N–C) groups is 1. The van der Waals surface area contributed by atoms with Crippen LogP contribution in [0, 0.1) is 0 Å². The standard InChI is InChI=1S/C21H23F2N3O5S/c1-30-18-12-14(9-10-17(18)31-21(22)23)20(27)25-15-6-5-7-16(13-15)32(28,29)26-19-8-3-2-4-11-24-19/h5-7,9-10,12-13,21H,2-4,8,11H2,1H3,(H,24,26)(H,25,27). The van der Waals surface area contributed by atoms with Gasteiger partial charge in [0.2, 0.25) is 0 Å². The van der Waals surface area contributed by atoms with Crippen molar-refractivity contribution in [3.05, 3.63) is 48.0 Å². The first-order chi connectivity index (χ1) is 15.3. The van der Waals surface area contributed by atoms with Crippen molar-refractivity contribution in [1.29, 1.82) is 0 Å². The van der Waals surface area contributed by atoms with Gasteiger partial charge in [-0.05, 0) is 49.2 Å². The Morgan fingerprint density at radius 1 is 1.09 bits per heavy atom. The molecule has 32 heavy (non-hydrogen) atoms. The number of amides is 1. The first kappa shape index (κ1) is 23.5. The van der Waals surface area contributed by atoms with Gasteiger partial charge in [-0.2, -0.15) is 8.78 Å². The van der Waals surface area contributed by atoms with Crippen LogP contribution in [-0.4, -0.2) is 40.4 Å². The van der Waals surface area contributed by atoms with E-state index in [1.165, 1.54) is 49.6 Å². The maximum Gasteiger partial charge on any atom is 0.387 e. The molecule has 2 aromatic rings. The van der Waals surface area contributed by atoms with Crippen molar-refractivity contribution in [2.45, 2.75) is 37.2 Å². The number of carbonyl (C=O) groups is 1. The van der Waals surface area contributed by atoms with Crippen LogP contribution in [0.15, 0.2) is 52.4 Å². The van der Waals surface area contributed by atoms with Crippen LogP contribution in [0.4, 0.5) is 14.5 Å². The van der Waals surface area contributed by atoms with E-state index in [1.807, 2.05) is 0 Å². The van der Waals surface area contributed by atoms with Gasteiger partial charge in [-0.1, -0.05) is 12.5 Å². The molecule has 0 atom stereocenters. The van der Waals surface area contributed by atoms with Crippen molar-refractivity contribution in [2.75, 3.05) is 19.0 Å². The van der Waals surface area contributed by atoms with Crippen molar-refractivity contribution >= 4 is 27.5 Å². The van der Waals surface area contributed by atoms with Gasteiger partial charge in [0.25, 0.3) is 15.9 Å². The SMILES string of the molecule is COc1cc(C(=O)Nc2cccc(S(=O)(=O)NC3=NCCCCC3)c2)ccc1OC(F)F. The summed E-state index contributed by atoms with van der Waals surface area (Å²) in [4.78, 5) is 16.8. The van der Waals surface area contributed by atoms with Crippen LogP contribution in [0.5, 0.6) is 11.5 Å². The summed E-state index contributed by atoms with van der Waals surface area (Å²) in [6.45, 7) is -2.45. The summed E-state index contributed by atoms with van der Waals surface area (Å²) in [5.74, 6) is -0.403. The molecule has 2 aromatic carbocycles. The lowest BCUT2D eigenvalue weighted by Crippen LogP contribution is -2.30. The zero-order chi connectivity index (χ0) is 23.1. The average molecular weight is 467 g/mol. The van der Waals surface area contributed by atoms with Crippen LogP contribution in [0.1, 0.15) is 36.0 Å². The predicted molar refractivity (Wildman–Crippen MR) is 115 cm³/mol. The third kappa shape index (κ3) is 6.16. The summed E-state index contributed by atoms with van der Waals surface area (Å²) >= 11 is 0. The molecule has 1 amide bonds. The number of nitrogens with zero attached hydrogens (tertiary/aromatic N) is 1. The molecule has 0 radical (unpaired) electrons. The van der Waals surface area contributed by atoms with Gasteiger partial charge in [0.05, 0.1) is 12.0 Å². The van der Waals surface area contributed by atoms with E-state index in [0.717, 1.165) is 19.3 Å². The van der Waals surface area contributed by atoms with E-state index in [-0.39, 0.29) is 27.6 Å². The molecule has 0 aliphatic carbocycles. The van der Waals surface area contributed by atoms with Crippen molar-refractivity contribution in [2.24, 2.45) is 4.99 Å². The second kappa shape index (κ2) is 10.4. The minimum absolute atomic E-state index is 0.0273. The van der Waals surface area contributed by atoms with Gasteiger partial charge in [0.15, 0.2) is 11.5 Å². The summed E-state index contributed by atoms with van der Waals surface area (Å²) in [6.07, 6.45) is 3.34. The molecule has 3 rings (SSSR count). The Hall–Kier alpha value is -3.21. The van der Waals surface area contributed by atoms with E-state index in [0.29, 0.717) is 18.8 Å². The Labute approximate surface area is 184 Å². The molecule has 8 nitrogen and oxygen atoms in total. The smallest absolute Gasteiger partial charge is 0.387 e. The number of rotatable bonds is 7. The number of benzene rings is 2. The second-order valence-corrected chi connectivity index (χ2v) is 8.65. The second-order valence-electron chi connectivity index (χ2n) is 6.97. The number of sulfonamides is 1. The van der Waals surface area contributed by atoms with Crippen molar-refractivity contribution in [3.63, 3.8) is 0 Å². The van der Waals surface area contributed by atoms with E-state index in [4.69, 9.17) is 4.74 Å². The summed E-state index contributed by atoms with van der Waals surface area (Å²) in [5.41, 5.74) is 0.357. The largest absolute Gasteiger partial charge is 0.493 e. The molecular formula is C21H23F2N3O5S. The highest BCUT2D eigenvalue weighted by molar-refractivity contribution is 7.90. The maximum atomic E-state index is 12.7. The topological polar surface area (TPSA) is 106 Å². The van der Waals surface area contributed by atoms with Gasteiger partial charge in [-0.25, -0.2) is 8.42 Å². The van der Waals surface area contributed by atoms with E-state index in [1.54, 1.807) is 0 Å². The molecule has 2 N–H and O–H groups in total. The number of methoxy groups -OCH3 is 1. The third-order valence-corrected chi connectivity index (χ3v) is 6.05. The first-order valence-corrected chi connectivity index (χ1v) is 11.4. The predicted octanol–water partition coefficient (Wildman–Crippen LogP) is 3.80. The number of carbonyl (C=O) groups excluding carboxylic acids is 1. The molecule has 172 valence electrons. The van der Waals surface area contributed by atoms with Gasteiger partial charge >= 0.3 is 6.61 Å². The fourth-order valence-corrected chi connectivity index (χ4v) is 4.25. The monoisotopic (exact) mass is 467 g/mol. The highest BCUT2D eigenvalue weighted by atomic mass is 32.2. The molecule has 0 unspecified atom stereocenters. The Morgan fingerprint density at radius 2 is 1.91 bits per heavy atom. The molecule has 1 aliphatic rings. The van der Waals surface area contributed by atoms with E-state index in [9.17, 15) is 22.0 Å². The Kier molecular flexibility index (Phi) is 7.62. The number of ether oxygens (including phenoxy) is 2. The van der Waals surface area contributed by atoms with Crippen LogP contribution in [0.25, 0.3) is 0 Å². The van der Waals surface area contributed by atoms with Crippen LogP contribution >= 0.6 is 0 Å². The zero-order valence-corrected chi connectivity index (χ0v) is 18.1. The van der Waals surface area contributed by atoms with Crippen molar-refractivity contribution in [3.8, 4) is 11.5 Å². The molecule has 0 fully saturated rings. The lowest BCUT2D eigenvalue weighted by molar-refractivity contribution is -0.0512. The minimum atomic E-state index is -3.87. The van der Waals surface area contributed by atoms with Gasteiger partial charge in [-0.3, -0.25) is 14.5 Å². The Morgan fingerprint density at radius 3 is 2.66 bits per heavy atom. The van der Waals surface area contributed by atoms with Crippen LogP contribution in [-0.2, 0) is 10.0 Å². The maximum absolute atomic E-state index is 12.7. The molecule has 0 saturated heterocycles. The fraction of sp³-hybridized carbons (Fsp3) is 0.333. The molecule has 0 bridgehead atoms. The Bertz CT molecular complexity index is 1110. The molecular weight excluding hydrogens is 444 g/mol. The molecule has 11 heteroatoms. The van der Waals surface area contributed by atoms with Crippen LogP contribution in [0.2, 0.25) is 0 Å². The van der Waals surface area contributed by atoms with Crippen LogP contribution in [0.3, 0.4) is 0 Å². The number of amidine groups is 1. The highest BCUT2D eigenvalue weighted by Gasteiger charge is 2.19. The number of anilines is 1. The van der Waals surface area contributed by atoms with Crippen molar-refractivity contribution in [1.82, 2.24) is 4.72 Å². The minimum Gasteiger partial charge on any atom is -0.493 e. The molecule has 1 aliphatic heterocycles.